The van der Waals surface area contributed by atoms with Gasteiger partial charge < -0.3 is 4.90 Å². The smallest absolute Gasteiger partial charge is 0.264 e. The molecule has 0 aliphatic carbocycles. The molecule has 1 heterocycles. The standard InChI is InChI=1S/C29H42N2O3S/c1-3-5-9-22-31(23-10-6-4-2)29-17-15-27(16-18-29)13-7-8-14-28-19-24-30(25-20-28)21-11-12-26-35(32,33)34/h7-8,13-20,24-25H,3-6,9-12,21-23,26H2,1-2H3/p+1. The van der Waals surface area contributed by atoms with E-state index in [9.17, 15) is 8.42 Å². The van der Waals surface area contributed by atoms with E-state index in [4.69, 9.17) is 4.55 Å². The van der Waals surface area contributed by atoms with Crippen molar-refractivity contribution in [2.75, 3.05) is 23.7 Å². The van der Waals surface area contributed by atoms with Gasteiger partial charge in [0.05, 0.1) is 5.75 Å². The van der Waals surface area contributed by atoms with Gasteiger partial charge in [-0.1, -0.05) is 76.0 Å². The maximum absolute atomic E-state index is 10.8. The van der Waals surface area contributed by atoms with Crippen LogP contribution in [0.5, 0.6) is 0 Å². The Morgan fingerprint density at radius 1 is 0.771 bits per heavy atom. The molecule has 35 heavy (non-hydrogen) atoms. The number of allylic oxidation sites excluding steroid dienone is 2. The number of benzene rings is 1. The highest BCUT2D eigenvalue weighted by molar-refractivity contribution is 7.85. The number of anilines is 1. The van der Waals surface area contributed by atoms with Crippen LogP contribution >= 0.6 is 0 Å². The molecule has 1 aromatic heterocycles. The number of nitrogens with zero attached hydrogens (tertiary/aromatic N) is 2. The topological polar surface area (TPSA) is 61.5 Å². The van der Waals surface area contributed by atoms with Crippen LogP contribution in [0.1, 0.15) is 76.3 Å². The maximum Gasteiger partial charge on any atom is 0.264 e. The van der Waals surface area contributed by atoms with E-state index in [-0.39, 0.29) is 5.75 Å². The van der Waals surface area contributed by atoms with Gasteiger partial charge >= 0.3 is 0 Å². The van der Waals surface area contributed by atoms with E-state index in [1.54, 1.807) is 0 Å². The molecule has 0 bridgehead atoms. The van der Waals surface area contributed by atoms with Crippen LogP contribution in [0.25, 0.3) is 12.2 Å². The zero-order valence-electron chi connectivity index (χ0n) is 21.5. The van der Waals surface area contributed by atoms with Gasteiger partial charge in [0.15, 0.2) is 12.4 Å². The van der Waals surface area contributed by atoms with Crippen LogP contribution in [0.3, 0.4) is 0 Å². The third-order valence-electron chi connectivity index (χ3n) is 6.00. The van der Waals surface area contributed by atoms with E-state index >= 15 is 0 Å². The molecular formula is C29H43N2O3S+. The zero-order valence-corrected chi connectivity index (χ0v) is 22.3. The van der Waals surface area contributed by atoms with Crippen LogP contribution < -0.4 is 9.47 Å². The van der Waals surface area contributed by atoms with Gasteiger partial charge in [0.25, 0.3) is 10.1 Å². The Morgan fingerprint density at radius 2 is 1.31 bits per heavy atom. The molecular weight excluding hydrogens is 456 g/mol. The minimum Gasteiger partial charge on any atom is -0.372 e. The molecule has 5 nitrogen and oxygen atoms in total. The molecule has 0 fully saturated rings. The average molecular weight is 500 g/mol. The van der Waals surface area contributed by atoms with Crippen molar-refractivity contribution in [3.8, 4) is 0 Å². The zero-order chi connectivity index (χ0) is 25.4. The number of unbranched alkanes of at least 4 members (excludes halogenated alkanes) is 5. The minimum absolute atomic E-state index is 0.181. The van der Waals surface area contributed by atoms with Gasteiger partial charge in [0.1, 0.15) is 6.54 Å². The van der Waals surface area contributed by atoms with Crippen molar-refractivity contribution in [2.24, 2.45) is 0 Å². The maximum atomic E-state index is 10.8. The predicted octanol–water partition coefficient (Wildman–Crippen LogP) is 6.56. The van der Waals surface area contributed by atoms with Crippen molar-refractivity contribution in [1.29, 1.82) is 0 Å². The van der Waals surface area contributed by atoms with Crippen molar-refractivity contribution in [2.45, 2.75) is 71.8 Å². The van der Waals surface area contributed by atoms with E-state index in [0.717, 1.165) is 25.2 Å². The molecule has 0 amide bonds. The number of pyridine rings is 1. The van der Waals surface area contributed by atoms with Gasteiger partial charge in [-0.05, 0) is 42.5 Å². The van der Waals surface area contributed by atoms with Crippen molar-refractivity contribution in [3.63, 3.8) is 0 Å². The molecule has 0 atom stereocenters. The van der Waals surface area contributed by atoms with Gasteiger partial charge in [0.2, 0.25) is 0 Å². The molecule has 0 aliphatic heterocycles. The van der Waals surface area contributed by atoms with E-state index in [2.05, 4.69) is 61.2 Å². The molecule has 2 aromatic rings. The van der Waals surface area contributed by atoms with Crippen LogP contribution in [-0.2, 0) is 16.7 Å². The molecule has 0 spiro atoms. The van der Waals surface area contributed by atoms with Crippen molar-refractivity contribution in [3.05, 3.63) is 72.1 Å². The van der Waals surface area contributed by atoms with Gasteiger partial charge in [-0.25, -0.2) is 4.57 Å². The molecule has 0 saturated heterocycles. The van der Waals surface area contributed by atoms with E-state index in [1.165, 1.54) is 49.8 Å². The fourth-order valence-electron chi connectivity index (χ4n) is 3.91. The molecule has 0 unspecified atom stereocenters. The first kappa shape index (κ1) is 28.8. The number of hydrogen-bond acceptors (Lipinski definition) is 3. The summed E-state index contributed by atoms with van der Waals surface area (Å²) in [6.45, 7) is 7.51. The first-order valence-corrected chi connectivity index (χ1v) is 14.7. The lowest BCUT2D eigenvalue weighted by Crippen LogP contribution is -2.32. The number of hydrogen-bond donors (Lipinski definition) is 1. The van der Waals surface area contributed by atoms with Crippen LogP contribution in [0.2, 0.25) is 0 Å². The van der Waals surface area contributed by atoms with E-state index < -0.39 is 10.1 Å². The summed E-state index contributed by atoms with van der Waals surface area (Å²) in [7, 11) is -3.86. The summed E-state index contributed by atoms with van der Waals surface area (Å²) in [4.78, 5) is 2.54. The van der Waals surface area contributed by atoms with E-state index in [1.807, 2.05) is 35.2 Å². The summed E-state index contributed by atoms with van der Waals surface area (Å²) in [5.74, 6) is -0.181. The second-order valence-corrected chi connectivity index (χ2v) is 10.6. The number of rotatable bonds is 17. The van der Waals surface area contributed by atoms with Gasteiger partial charge in [-0.3, -0.25) is 4.55 Å². The van der Waals surface area contributed by atoms with Gasteiger partial charge in [-0.15, -0.1) is 0 Å². The largest absolute Gasteiger partial charge is 0.372 e. The van der Waals surface area contributed by atoms with Gasteiger partial charge in [0, 0.05) is 37.3 Å². The lowest BCUT2D eigenvalue weighted by molar-refractivity contribution is -0.697. The minimum atomic E-state index is -3.86. The highest BCUT2D eigenvalue weighted by atomic mass is 32.2. The number of aromatic nitrogens is 1. The molecule has 0 radical (unpaired) electrons. The molecule has 0 aliphatic rings. The fraction of sp³-hybridized carbons (Fsp3) is 0.483. The van der Waals surface area contributed by atoms with Crippen LogP contribution in [0.4, 0.5) is 5.69 Å². The summed E-state index contributed by atoms with van der Waals surface area (Å²) in [5, 5.41) is 0. The Balaban J connectivity index is 1.84. The summed E-state index contributed by atoms with van der Waals surface area (Å²) >= 11 is 0. The van der Waals surface area contributed by atoms with Crippen molar-refractivity contribution >= 4 is 28.0 Å². The summed E-state index contributed by atoms with van der Waals surface area (Å²) < 4.78 is 32.3. The Bertz CT molecular complexity index is 987. The molecule has 6 heteroatoms. The molecule has 1 N–H and O–H groups in total. The van der Waals surface area contributed by atoms with Crippen LogP contribution in [0.15, 0.2) is 60.9 Å². The summed E-state index contributed by atoms with van der Waals surface area (Å²) in [6.07, 6.45) is 21.0. The first-order valence-electron chi connectivity index (χ1n) is 13.1. The second-order valence-electron chi connectivity index (χ2n) is 9.07. The number of aryl methyl sites for hydroxylation is 1. The summed E-state index contributed by atoms with van der Waals surface area (Å²) in [6, 6.07) is 12.9. The van der Waals surface area contributed by atoms with Crippen molar-refractivity contribution < 1.29 is 17.5 Å². The van der Waals surface area contributed by atoms with Crippen LogP contribution in [0, 0.1) is 0 Å². The summed E-state index contributed by atoms with van der Waals surface area (Å²) in [5.41, 5.74) is 3.62. The Kier molecular flexibility index (Phi) is 13.4. The lowest BCUT2D eigenvalue weighted by Gasteiger charge is -2.25. The van der Waals surface area contributed by atoms with E-state index in [0.29, 0.717) is 12.8 Å². The molecule has 2 rings (SSSR count). The second kappa shape index (κ2) is 16.3. The first-order chi connectivity index (χ1) is 16.9. The highest BCUT2D eigenvalue weighted by Crippen LogP contribution is 2.18. The predicted molar refractivity (Wildman–Crippen MR) is 148 cm³/mol. The average Bonchev–Trinajstić information content (AvgIpc) is 2.84. The van der Waals surface area contributed by atoms with Crippen LogP contribution in [-0.4, -0.2) is 31.8 Å². The Hall–Kier alpha value is -2.44. The Morgan fingerprint density at radius 3 is 1.83 bits per heavy atom. The molecule has 1 aromatic carbocycles. The fourth-order valence-corrected chi connectivity index (χ4v) is 4.48. The normalized spacial score (nSPS) is 12.1. The van der Waals surface area contributed by atoms with Gasteiger partial charge in [-0.2, -0.15) is 8.42 Å². The van der Waals surface area contributed by atoms with Crippen molar-refractivity contribution in [1.82, 2.24) is 0 Å². The third kappa shape index (κ3) is 12.7. The monoisotopic (exact) mass is 499 g/mol. The SMILES string of the molecule is CCCCCN(CCCCC)c1ccc(/C=C/C=C/c2cc[n+](CCCCS(=O)(=O)O)cc2)cc1. The molecule has 192 valence electrons. The third-order valence-corrected chi connectivity index (χ3v) is 6.80. The highest BCUT2D eigenvalue weighted by Gasteiger charge is 2.07. The quantitative estimate of drug-likeness (QED) is 0.116. The molecule has 0 saturated carbocycles. The lowest BCUT2D eigenvalue weighted by atomic mass is 10.1. The Labute approximate surface area is 212 Å².